The molecule has 0 spiro atoms. The summed E-state index contributed by atoms with van der Waals surface area (Å²) < 4.78 is 105. The maximum atomic E-state index is 13.3. The van der Waals surface area contributed by atoms with Crippen molar-refractivity contribution in [2.45, 2.75) is 147 Å². The van der Waals surface area contributed by atoms with E-state index < -0.39 is 63.2 Å². The summed E-state index contributed by atoms with van der Waals surface area (Å²) in [5.74, 6) is -1.58. The number of hydrogen-bond donors (Lipinski definition) is 2. The molecule has 1 fully saturated rings. The summed E-state index contributed by atoms with van der Waals surface area (Å²) in [5, 5.41) is 0. The third-order valence-electron chi connectivity index (χ3n) is 10.4. The van der Waals surface area contributed by atoms with Crippen LogP contribution in [0.25, 0.3) is 0 Å². The van der Waals surface area contributed by atoms with E-state index in [1.165, 1.54) is 57.8 Å². The average molecular weight is 863 g/mol. The molecule has 0 unspecified atom stereocenters. The molecule has 3 aromatic carbocycles. The van der Waals surface area contributed by atoms with Crippen molar-refractivity contribution in [1.29, 1.82) is 0 Å². The van der Waals surface area contributed by atoms with Gasteiger partial charge in [-0.15, -0.1) is 0 Å². The second kappa shape index (κ2) is 26.2. The minimum absolute atomic E-state index is 0.0338. The maximum absolute atomic E-state index is 13.3. The topological polar surface area (TPSA) is 181 Å². The maximum Gasteiger partial charge on any atom is 0.397 e. The third-order valence-corrected chi connectivity index (χ3v) is 11.3. The lowest BCUT2D eigenvalue weighted by Crippen LogP contribution is -2.66. The molecule has 1 aliphatic rings. The number of unbranched alkanes of at least 4 members (excludes halogenated alkanes) is 12. The molecule has 0 heterocycles. The molecule has 13 nitrogen and oxygen atoms in total. The molecule has 0 radical (unpaired) electrons. The lowest BCUT2D eigenvalue weighted by molar-refractivity contribution is -0.242. The number of carbonyl (C=O) groups excluding carboxylic acids is 1. The van der Waals surface area contributed by atoms with Gasteiger partial charge in [0, 0.05) is 6.42 Å². The van der Waals surface area contributed by atoms with Crippen molar-refractivity contribution in [2.24, 2.45) is 5.92 Å². The second-order valence-corrected chi connectivity index (χ2v) is 17.2. The van der Waals surface area contributed by atoms with Gasteiger partial charge in [-0.2, -0.15) is 16.8 Å². The number of ether oxygens (including phenoxy) is 4. The Labute approximate surface area is 351 Å². The first-order valence-corrected chi connectivity index (χ1v) is 23.6. The molecule has 2 N–H and O–H groups in total. The molecule has 0 amide bonds. The van der Waals surface area contributed by atoms with Crippen LogP contribution in [0.1, 0.15) is 114 Å². The van der Waals surface area contributed by atoms with Crippen LogP contribution in [0.4, 0.5) is 0 Å². The van der Waals surface area contributed by atoms with E-state index in [4.69, 9.17) is 27.3 Å². The molecule has 1 aliphatic carbocycles. The van der Waals surface area contributed by atoms with Gasteiger partial charge in [-0.05, 0) is 23.1 Å². The molecule has 1 saturated carbocycles. The smallest absolute Gasteiger partial charge is 0.397 e. The lowest BCUT2D eigenvalue weighted by atomic mass is 9.78. The monoisotopic (exact) mass is 862 g/mol. The fourth-order valence-corrected chi connectivity index (χ4v) is 8.40. The molecule has 3 aromatic rings. The molecule has 4 rings (SSSR count). The van der Waals surface area contributed by atoms with Crippen LogP contribution in [0.15, 0.2) is 91.0 Å². The molecule has 0 aliphatic heterocycles. The van der Waals surface area contributed by atoms with E-state index in [1.54, 1.807) is 60.7 Å². The van der Waals surface area contributed by atoms with Crippen molar-refractivity contribution in [3.8, 4) is 0 Å². The summed E-state index contributed by atoms with van der Waals surface area (Å²) in [5.41, 5.74) is 2.06. The summed E-state index contributed by atoms with van der Waals surface area (Å²) in [6.45, 7) is 1.53. The molecule has 0 saturated heterocycles. The fourth-order valence-electron chi connectivity index (χ4n) is 7.40. The highest BCUT2D eigenvalue weighted by molar-refractivity contribution is 7.81. The summed E-state index contributed by atoms with van der Waals surface area (Å²) in [4.78, 5) is 13.3. The largest absolute Gasteiger partial charge is 0.465 e. The zero-order valence-corrected chi connectivity index (χ0v) is 35.7. The quantitative estimate of drug-likeness (QED) is 0.0384. The van der Waals surface area contributed by atoms with Gasteiger partial charge in [0.15, 0.2) is 0 Å². The summed E-state index contributed by atoms with van der Waals surface area (Å²) in [6.07, 6.45) is 7.07. The van der Waals surface area contributed by atoms with E-state index in [2.05, 4.69) is 6.92 Å². The van der Waals surface area contributed by atoms with Crippen molar-refractivity contribution < 1.29 is 58.0 Å². The minimum atomic E-state index is -5.32. The normalized spacial score (nSPS) is 21.0. The van der Waals surface area contributed by atoms with Crippen LogP contribution in [0.5, 0.6) is 0 Å². The number of carbonyl (C=O) groups is 1. The molecule has 59 heavy (non-hydrogen) atoms. The van der Waals surface area contributed by atoms with Gasteiger partial charge in [0.2, 0.25) is 0 Å². The van der Waals surface area contributed by atoms with Gasteiger partial charge < -0.3 is 18.9 Å². The summed E-state index contributed by atoms with van der Waals surface area (Å²) >= 11 is 0. The fraction of sp³-hybridized carbons (Fsp3) is 0.568. The number of rotatable bonds is 29. The Morgan fingerprint density at radius 2 is 0.831 bits per heavy atom. The van der Waals surface area contributed by atoms with Gasteiger partial charge in [0.1, 0.15) is 18.3 Å². The Kier molecular flexibility index (Phi) is 21.5. The highest BCUT2D eigenvalue weighted by Gasteiger charge is 2.57. The number of esters is 1. The van der Waals surface area contributed by atoms with Gasteiger partial charge in [0.05, 0.1) is 44.6 Å². The summed E-state index contributed by atoms with van der Waals surface area (Å²) in [6, 6.07) is 26.8. The van der Waals surface area contributed by atoms with Crippen molar-refractivity contribution in [3.05, 3.63) is 108 Å². The highest BCUT2D eigenvalue weighted by atomic mass is 32.3. The first kappa shape index (κ1) is 48.4. The molecule has 15 heteroatoms. The van der Waals surface area contributed by atoms with Crippen molar-refractivity contribution in [3.63, 3.8) is 0 Å². The lowest BCUT2D eigenvalue weighted by Gasteiger charge is -2.48. The van der Waals surface area contributed by atoms with Crippen molar-refractivity contribution in [1.82, 2.24) is 0 Å². The van der Waals surface area contributed by atoms with E-state index in [-0.39, 0.29) is 32.8 Å². The third kappa shape index (κ3) is 18.9. The van der Waals surface area contributed by atoms with Crippen LogP contribution < -0.4 is 0 Å². The van der Waals surface area contributed by atoms with E-state index in [1.807, 2.05) is 30.3 Å². The first-order valence-electron chi connectivity index (χ1n) is 20.9. The Balaban J connectivity index is 1.55. The Morgan fingerprint density at radius 1 is 0.492 bits per heavy atom. The van der Waals surface area contributed by atoms with E-state index in [0.29, 0.717) is 17.5 Å². The van der Waals surface area contributed by atoms with Gasteiger partial charge in [-0.3, -0.25) is 13.9 Å². The van der Waals surface area contributed by atoms with Gasteiger partial charge in [0.25, 0.3) is 0 Å². The SMILES string of the molecule is CCCCCCCCCCCCCCCC(=O)OC[C@@H]1[C@H](OCc2ccccc2)[C@H](OCc2ccccc2)[C@@H](OS(=O)(=O)O)[C@H](OS(=O)(=O)O)[C@H]1OCc1ccccc1. The Bertz CT molecular complexity index is 1810. The second-order valence-electron chi connectivity index (χ2n) is 15.1. The van der Waals surface area contributed by atoms with Crippen LogP contribution >= 0.6 is 0 Å². The van der Waals surface area contributed by atoms with Crippen LogP contribution in [-0.2, 0) is 72.7 Å². The van der Waals surface area contributed by atoms with E-state index in [9.17, 15) is 30.7 Å². The molecular formula is C44H62O13S2. The van der Waals surface area contributed by atoms with Crippen LogP contribution in [0.2, 0.25) is 0 Å². The van der Waals surface area contributed by atoms with Crippen LogP contribution in [0.3, 0.4) is 0 Å². The van der Waals surface area contributed by atoms with Gasteiger partial charge >= 0.3 is 26.8 Å². The van der Waals surface area contributed by atoms with Crippen molar-refractivity contribution in [2.75, 3.05) is 6.61 Å². The van der Waals surface area contributed by atoms with Gasteiger partial charge in [-0.1, -0.05) is 175 Å². The first-order chi connectivity index (χ1) is 28.4. The molecule has 328 valence electrons. The van der Waals surface area contributed by atoms with E-state index >= 15 is 0 Å². The predicted molar refractivity (Wildman–Crippen MR) is 223 cm³/mol. The standard InChI is InChI=1S/C44H62O13S2/c1-2-3-4-5-6-7-8-9-10-11-12-13-23-30-39(45)52-34-38-40(53-31-35-24-17-14-18-25-35)42(55-33-37-28-21-16-22-29-37)44(57-59(49,50)51)43(56-58(46,47)48)41(38)54-32-36-26-19-15-20-27-36/h14-22,24-29,38,40-44H,2-13,23,30-34H2,1H3,(H,46,47,48)(H,49,50,51)/t38-,40+,41+,42+,43-,44-/m1/s1. The molecule has 0 aromatic heterocycles. The molecule has 0 bridgehead atoms. The highest BCUT2D eigenvalue weighted by Crippen LogP contribution is 2.39. The predicted octanol–water partition coefficient (Wildman–Crippen LogP) is 8.77. The van der Waals surface area contributed by atoms with Crippen LogP contribution in [-0.4, -0.2) is 69.0 Å². The number of hydrogen-bond acceptors (Lipinski definition) is 11. The zero-order chi connectivity index (χ0) is 42.4. The van der Waals surface area contributed by atoms with E-state index in [0.717, 1.165) is 24.8 Å². The molecule has 6 atom stereocenters. The Morgan fingerprint density at radius 3 is 1.22 bits per heavy atom. The average Bonchev–Trinajstić information content (AvgIpc) is 3.21. The van der Waals surface area contributed by atoms with Crippen LogP contribution in [0, 0.1) is 5.92 Å². The molecular weight excluding hydrogens is 801 g/mol. The summed E-state index contributed by atoms with van der Waals surface area (Å²) in [7, 11) is -10.6. The number of benzene rings is 3. The minimum Gasteiger partial charge on any atom is -0.465 e. The van der Waals surface area contributed by atoms with Crippen molar-refractivity contribution >= 4 is 26.8 Å². The zero-order valence-electron chi connectivity index (χ0n) is 34.1. The van der Waals surface area contributed by atoms with Gasteiger partial charge in [-0.25, -0.2) is 8.37 Å². The Hall–Kier alpha value is -3.25.